The van der Waals surface area contributed by atoms with E-state index in [0.29, 0.717) is 12.3 Å². The number of ether oxygens (including phenoxy) is 1. The molecule has 4 nitrogen and oxygen atoms in total. The Balaban J connectivity index is 2.41. The van der Waals surface area contributed by atoms with Crippen LogP contribution in [0.5, 0.6) is 0 Å². The van der Waals surface area contributed by atoms with E-state index in [1.54, 1.807) is 11.6 Å². The van der Waals surface area contributed by atoms with Crippen LogP contribution in [0.4, 0.5) is 0 Å². The van der Waals surface area contributed by atoms with Crippen molar-refractivity contribution < 1.29 is 9.53 Å². The van der Waals surface area contributed by atoms with Crippen LogP contribution in [-0.4, -0.2) is 22.4 Å². The molecule has 18 heavy (non-hydrogen) atoms. The van der Waals surface area contributed by atoms with Gasteiger partial charge in [0.15, 0.2) is 5.69 Å². The van der Waals surface area contributed by atoms with Gasteiger partial charge in [-0.3, -0.25) is 0 Å². The standard InChI is InChI=1S/C14H16N2O2/c1-4-18-14(17)13-11(3)9-16(15-13)12-8-6-5-7-10(12)2/h5-9H,4H2,1-3H3. The zero-order chi connectivity index (χ0) is 13.1. The Hall–Kier alpha value is -2.10. The third kappa shape index (κ3) is 2.27. The molecule has 1 aromatic carbocycles. The number of aryl methyl sites for hydroxylation is 2. The van der Waals surface area contributed by atoms with Gasteiger partial charge in [-0.25, -0.2) is 9.48 Å². The van der Waals surface area contributed by atoms with Gasteiger partial charge in [0.05, 0.1) is 12.3 Å². The van der Waals surface area contributed by atoms with Crippen molar-refractivity contribution in [1.29, 1.82) is 0 Å². The Bertz CT molecular complexity index is 573. The van der Waals surface area contributed by atoms with Crippen molar-refractivity contribution in [2.24, 2.45) is 0 Å². The predicted molar refractivity (Wildman–Crippen MR) is 69.0 cm³/mol. The predicted octanol–water partition coefficient (Wildman–Crippen LogP) is 2.67. The van der Waals surface area contributed by atoms with E-state index in [1.807, 2.05) is 44.3 Å². The van der Waals surface area contributed by atoms with E-state index in [1.165, 1.54) is 0 Å². The van der Waals surface area contributed by atoms with E-state index in [2.05, 4.69) is 5.10 Å². The van der Waals surface area contributed by atoms with E-state index in [-0.39, 0.29) is 5.97 Å². The molecular formula is C14H16N2O2. The first-order chi connectivity index (χ1) is 8.63. The van der Waals surface area contributed by atoms with Crippen molar-refractivity contribution in [2.45, 2.75) is 20.8 Å². The molecule has 2 aromatic rings. The number of hydrogen-bond donors (Lipinski definition) is 0. The molecule has 0 radical (unpaired) electrons. The van der Waals surface area contributed by atoms with E-state index >= 15 is 0 Å². The SMILES string of the molecule is CCOC(=O)c1nn(-c2ccccc2C)cc1C. The van der Waals surface area contributed by atoms with Gasteiger partial charge in [0.25, 0.3) is 0 Å². The lowest BCUT2D eigenvalue weighted by atomic mass is 10.2. The van der Waals surface area contributed by atoms with Gasteiger partial charge in [-0.1, -0.05) is 18.2 Å². The summed E-state index contributed by atoms with van der Waals surface area (Å²) in [5.41, 5.74) is 3.27. The van der Waals surface area contributed by atoms with Gasteiger partial charge in [-0.15, -0.1) is 0 Å². The van der Waals surface area contributed by atoms with Crippen molar-refractivity contribution in [3.05, 3.63) is 47.3 Å². The Labute approximate surface area is 106 Å². The van der Waals surface area contributed by atoms with Crippen LogP contribution in [0, 0.1) is 13.8 Å². The van der Waals surface area contributed by atoms with Crippen molar-refractivity contribution in [3.8, 4) is 5.69 Å². The molecule has 94 valence electrons. The highest BCUT2D eigenvalue weighted by Crippen LogP contribution is 2.15. The number of carbonyl (C=O) groups excluding carboxylic acids is 1. The molecule has 0 saturated heterocycles. The fraction of sp³-hybridized carbons (Fsp3) is 0.286. The molecule has 2 rings (SSSR count). The molecular weight excluding hydrogens is 228 g/mol. The number of esters is 1. The maximum atomic E-state index is 11.7. The molecule has 0 saturated carbocycles. The average Bonchev–Trinajstić information content (AvgIpc) is 2.72. The van der Waals surface area contributed by atoms with Gasteiger partial charge in [-0.2, -0.15) is 5.10 Å². The Morgan fingerprint density at radius 1 is 1.28 bits per heavy atom. The van der Waals surface area contributed by atoms with Crippen LogP contribution in [0.3, 0.4) is 0 Å². The first-order valence-electron chi connectivity index (χ1n) is 5.93. The summed E-state index contributed by atoms with van der Waals surface area (Å²) in [6.45, 7) is 6.01. The minimum absolute atomic E-state index is 0.357. The van der Waals surface area contributed by atoms with E-state index < -0.39 is 0 Å². The fourth-order valence-corrected chi connectivity index (χ4v) is 1.81. The first kappa shape index (κ1) is 12.4. The molecule has 0 aliphatic carbocycles. The molecule has 1 aromatic heterocycles. The maximum Gasteiger partial charge on any atom is 0.359 e. The van der Waals surface area contributed by atoms with Crippen molar-refractivity contribution in [2.75, 3.05) is 6.61 Å². The quantitative estimate of drug-likeness (QED) is 0.780. The second kappa shape index (κ2) is 5.04. The number of hydrogen-bond acceptors (Lipinski definition) is 3. The second-order valence-electron chi connectivity index (χ2n) is 4.11. The molecule has 0 amide bonds. The maximum absolute atomic E-state index is 11.7. The van der Waals surface area contributed by atoms with Crippen LogP contribution in [-0.2, 0) is 4.74 Å². The van der Waals surface area contributed by atoms with Gasteiger partial charge < -0.3 is 4.74 Å². The number of para-hydroxylation sites is 1. The average molecular weight is 244 g/mol. The summed E-state index contributed by atoms with van der Waals surface area (Å²) >= 11 is 0. The summed E-state index contributed by atoms with van der Waals surface area (Å²) in [5, 5.41) is 4.30. The summed E-state index contributed by atoms with van der Waals surface area (Å²) in [7, 11) is 0. The summed E-state index contributed by atoms with van der Waals surface area (Å²) in [5.74, 6) is -0.373. The second-order valence-corrected chi connectivity index (χ2v) is 4.11. The Kier molecular flexibility index (Phi) is 3.46. The molecule has 0 unspecified atom stereocenters. The fourth-order valence-electron chi connectivity index (χ4n) is 1.81. The van der Waals surface area contributed by atoms with Crippen molar-refractivity contribution >= 4 is 5.97 Å². The molecule has 0 aliphatic heterocycles. The van der Waals surface area contributed by atoms with Crippen LogP contribution in [0.15, 0.2) is 30.5 Å². The molecule has 0 N–H and O–H groups in total. The lowest BCUT2D eigenvalue weighted by molar-refractivity contribution is 0.0518. The van der Waals surface area contributed by atoms with Gasteiger partial charge >= 0.3 is 5.97 Å². The smallest absolute Gasteiger partial charge is 0.359 e. The van der Waals surface area contributed by atoms with Gasteiger partial charge in [0.1, 0.15) is 0 Å². The van der Waals surface area contributed by atoms with E-state index in [4.69, 9.17) is 4.74 Å². The van der Waals surface area contributed by atoms with Crippen LogP contribution in [0.25, 0.3) is 5.69 Å². The van der Waals surface area contributed by atoms with Crippen molar-refractivity contribution in [1.82, 2.24) is 9.78 Å². The molecule has 0 fully saturated rings. The molecule has 1 heterocycles. The number of benzene rings is 1. The molecule has 0 bridgehead atoms. The van der Waals surface area contributed by atoms with Crippen molar-refractivity contribution in [3.63, 3.8) is 0 Å². The third-order valence-electron chi connectivity index (χ3n) is 2.73. The van der Waals surface area contributed by atoms with E-state index in [0.717, 1.165) is 16.8 Å². The monoisotopic (exact) mass is 244 g/mol. The Morgan fingerprint density at radius 2 is 2.00 bits per heavy atom. The van der Waals surface area contributed by atoms with Crippen LogP contribution in [0.2, 0.25) is 0 Å². The number of carbonyl (C=O) groups is 1. The highest BCUT2D eigenvalue weighted by Gasteiger charge is 2.15. The summed E-state index contributed by atoms with van der Waals surface area (Å²) in [4.78, 5) is 11.7. The summed E-state index contributed by atoms with van der Waals surface area (Å²) in [6.07, 6.45) is 1.84. The number of aromatic nitrogens is 2. The number of nitrogens with zero attached hydrogens (tertiary/aromatic N) is 2. The zero-order valence-electron chi connectivity index (χ0n) is 10.8. The highest BCUT2D eigenvalue weighted by atomic mass is 16.5. The lowest BCUT2D eigenvalue weighted by Crippen LogP contribution is -2.08. The zero-order valence-corrected chi connectivity index (χ0v) is 10.8. The van der Waals surface area contributed by atoms with Gasteiger partial charge in [0.2, 0.25) is 0 Å². The first-order valence-corrected chi connectivity index (χ1v) is 5.93. The lowest BCUT2D eigenvalue weighted by Gasteiger charge is -2.04. The summed E-state index contributed by atoms with van der Waals surface area (Å²) < 4.78 is 6.69. The molecule has 0 aliphatic rings. The largest absolute Gasteiger partial charge is 0.461 e. The van der Waals surface area contributed by atoms with Crippen LogP contribution < -0.4 is 0 Å². The molecule has 0 spiro atoms. The van der Waals surface area contributed by atoms with E-state index in [9.17, 15) is 4.79 Å². The minimum atomic E-state index is -0.373. The number of rotatable bonds is 3. The topological polar surface area (TPSA) is 44.1 Å². The molecule has 4 heteroatoms. The van der Waals surface area contributed by atoms with Gasteiger partial charge in [-0.05, 0) is 32.4 Å². The molecule has 0 atom stereocenters. The Morgan fingerprint density at radius 3 is 2.67 bits per heavy atom. The van der Waals surface area contributed by atoms with Gasteiger partial charge in [0, 0.05) is 11.8 Å². The minimum Gasteiger partial charge on any atom is -0.461 e. The van der Waals surface area contributed by atoms with Crippen LogP contribution in [0.1, 0.15) is 28.5 Å². The van der Waals surface area contributed by atoms with Crippen LogP contribution >= 0.6 is 0 Å². The third-order valence-corrected chi connectivity index (χ3v) is 2.73. The summed E-state index contributed by atoms with van der Waals surface area (Å²) in [6, 6.07) is 7.90. The highest BCUT2D eigenvalue weighted by molar-refractivity contribution is 5.88. The normalized spacial score (nSPS) is 10.4.